The van der Waals surface area contributed by atoms with E-state index in [4.69, 9.17) is 4.74 Å². The Hall–Kier alpha value is -5.23. The molecule has 6 rings (SSSR count). The topological polar surface area (TPSA) is 75.7 Å². The van der Waals surface area contributed by atoms with Crippen molar-refractivity contribution in [2.75, 3.05) is 17.3 Å². The van der Waals surface area contributed by atoms with Gasteiger partial charge in [-0.3, -0.25) is 14.5 Å². The molecule has 6 nitrogen and oxygen atoms in total. The summed E-state index contributed by atoms with van der Waals surface area (Å²) in [5.74, 6) is -0.741. The lowest BCUT2D eigenvalue weighted by Gasteiger charge is -2.34. The number of hydrogen-bond acceptors (Lipinski definition) is 5. The average molecular weight is 611 g/mol. The van der Waals surface area contributed by atoms with Crippen LogP contribution in [0.4, 0.5) is 11.4 Å². The molecule has 232 valence electrons. The number of para-hydroxylation sites is 2. The molecule has 0 unspecified atom stereocenters. The highest BCUT2D eigenvalue weighted by atomic mass is 16.5. The van der Waals surface area contributed by atoms with E-state index in [2.05, 4.69) is 50.4 Å². The van der Waals surface area contributed by atoms with Crippen LogP contribution >= 0.6 is 0 Å². The van der Waals surface area contributed by atoms with Crippen LogP contribution in [0.2, 0.25) is 0 Å². The van der Waals surface area contributed by atoms with Crippen LogP contribution in [-0.2, 0) is 19.7 Å². The van der Waals surface area contributed by atoms with Crippen LogP contribution in [0.5, 0.6) is 0 Å². The van der Waals surface area contributed by atoms with Crippen LogP contribution in [0.1, 0.15) is 78.2 Å². The molecule has 0 saturated heterocycles. The van der Waals surface area contributed by atoms with Crippen molar-refractivity contribution < 1.29 is 19.1 Å². The quantitative estimate of drug-likeness (QED) is 0.181. The van der Waals surface area contributed by atoms with Gasteiger partial charge in [0.15, 0.2) is 5.78 Å². The summed E-state index contributed by atoms with van der Waals surface area (Å²) in [5, 5.41) is 3.59. The number of amides is 1. The van der Waals surface area contributed by atoms with E-state index in [1.54, 1.807) is 41.3 Å². The number of ether oxygens (including phenoxy) is 1. The molecular weight excluding hydrogens is 572 g/mol. The fraction of sp³-hybridized carbons (Fsp3) is 0.225. The van der Waals surface area contributed by atoms with E-state index in [1.165, 1.54) is 12.7 Å². The van der Waals surface area contributed by atoms with Gasteiger partial charge in [-0.05, 0) is 70.3 Å². The third kappa shape index (κ3) is 6.16. The number of fused-ring (bicyclic) bond motifs is 1. The van der Waals surface area contributed by atoms with E-state index < -0.39 is 12.0 Å². The van der Waals surface area contributed by atoms with Gasteiger partial charge in [0.2, 0.25) is 0 Å². The maximum absolute atomic E-state index is 14.4. The zero-order valence-corrected chi connectivity index (χ0v) is 26.6. The number of carbonyl (C=O) groups is 3. The highest BCUT2D eigenvalue weighted by Crippen LogP contribution is 2.47. The van der Waals surface area contributed by atoms with E-state index in [0.717, 1.165) is 28.1 Å². The van der Waals surface area contributed by atoms with Crippen molar-refractivity contribution in [1.29, 1.82) is 0 Å². The summed E-state index contributed by atoms with van der Waals surface area (Å²) < 4.78 is 4.92. The minimum Gasteiger partial charge on any atom is -0.465 e. The summed E-state index contributed by atoms with van der Waals surface area (Å²) >= 11 is 0. The van der Waals surface area contributed by atoms with E-state index >= 15 is 0 Å². The Morgan fingerprint density at radius 2 is 1.48 bits per heavy atom. The van der Waals surface area contributed by atoms with Crippen LogP contribution in [0.3, 0.4) is 0 Å². The number of ketones is 1. The molecule has 1 heterocycles. The molecule has 2 atom stereocenters. The molecule has 0 radical (unpaired) electrons. The monoisotopic (exact) mass is 610 g/mol. The Morgan fingerprint density at radius 3 is 2.15 bits per heavy atom. The first-order valence-electron chi connectivity index (χ1n) is 15.6. The van der Waals surface area contributed by atoms with Gasteiger partial charge in [-0.15, -0.1) is 0 Å². The molecule has 46 heavy (non-hydrogen) atoms. The van der Waals surface area contributed by atoms with Gasteiger partial charge in [0.05, 0.1) is 30.1 Å². The second-order valence-corrected chi connectivity index (χ2v) is 12.9. The van der Waals surface area contributed by atoms with E-state index in [1.807, 2.05) is 54.6 Å². The summed E-state index contributed by atoms with van der Waals surface area (Å²) in [6, 6.07) is 32.2. The Bertz CT molecular complexity index is 1830. The molecule has 2 aliphatic rings. The minimum absolute atomic E-state index is 0.0116. The van der Waals surface area contributed by atoms with Crippen LogP contribution < -0.4 is 10.2 Å². The molecule has 0 spiro atoms. The van der Waals surface area contributed by atoms with Crippen LogP contribution in [0.15, 0.2) is 120 Å². The Morgan fingerprint density at radius 1 is 0.826 bits per heavy atom. The van der Waals surface area contributed by atoms with Crippen molar-refractivity contribution in [3.8, 4) is 0 Å². The van der Waals surface area contributed by atoms with Gasteiger partial charge in [0.25, 0.3) is 5.91 Å². The van der Waals surface area contributed by atoms with Crippen LogP contribution in [0.25, 0.3) is 6.08 Å². The van der Waals surface area contributed by atoms with Crippen molar-refractivity contribution in [2.24, 2.45) is 0 Å². The number of esters is 1. The first-order chi connectivity index (χ1) is 22.1. The number of allylic oxidation sites excluding steroid dienone is 1. The number of nitrogens with zero attached hydrogens (tertiary/aromatic N) is 1. The van der Waals surface area contributed by atoms with Gasteiger partial charge in [0, 0.05) is 23.8 Å². The number of nitrogens with one attached hydrogen (secondary N) is 1. The zero-order chi connectivity index (χ0) is 32.4. The molecule has 1 aliphatic heterocycles. The van der Waals surface area contributed by atoms with Gasteiger partial charge in [0.1, 0.15) is 0 Å². The van der Waals surface area contributed by atoms with Crippen molar-refractivity contribution in [3.05, 3.63) is 148 Å². The molecular formula is C40H38N2O4. The molecule has 4 aromatic rings. The minimum atomic E-state index is -0.720. The fourth-order valence-corrected chi connectivity index (χ4v) is 6.37. The number of carbonyl (C=O) groups excluding carboxylic acids is 3. The molecule has 6 heteroatoms. The largest absolute Gasteiger partial charge is 0.465 e. The molecule has 0 fully saturated rings. The number of methoxy groups -OCH3 is 1. The predicted molar refractivity (Wildman–Crippen MR) is 183 cm³/mol. The first kappa shape index (κ1) is 30.8. The summed E-state index contributed by atoms with van der Waals surface area (Å²) in [4.78, 5) is 42.6. The summed E-state index contributed by atoms with van der Waals surface area (Å²) in [6.07, 6.45) is 4.28. The summed E-state index contributed by atoms with van der Waals surface area (Å²) in [7, 11) is 1.34. The standard InChI is InChI=1S/C40H38N2O4/c1-40(2,3)31-21-19-27(20-22-31)30-24-33-37(35(43)25-30)38(28-15-17-29(18-16-28)39(45)46-4)42(34-13-9-8-12-32(34)41-33)36(44)23-14-26-10-6-5-7-11-26/h5-23,30,38,41H,24-25H2,1-4H3/b23-14+/t30-,38+/m0/s1. The van der Waals surface area contributed by atoms with Crippen LogP contribution in [0, 0.1) is 0 Å². The molecule has 1 amide bonds. The maximum Gasteiger partial charge on any atom is 0.337 e. The molecule has 4 aromatic carbocycles. The Kier molecular flexibility index (Phi) is 8.46. The fourth-order valence-electron chi connectivity index (χ4n) is 6.37. The molecule has 0 saturated carbocycles. The first-order valence-corrected chi connectivity index (χ1v) is 15.6. The zero-order valence-electron chi connectivity index (χ0n) is 26.6. The second kappa shape index (κ2) is 12.6. The lowest BCUT2D eigenvalue weighted by molar-refractivity contribution is -0.116. The third-order valence-electron chi connectivity index (χ3n) is 8.84. The SMILES string of the molecule is COC(=O)c1ccc([C@@H]2C3=C(C[C@H](c4ccc(C(C)(C)C)cc4)CC3=O)Nc3ccccc3N2C(=O)/C=C/c2ccccc2)cc1. The van der Waals surface area contributed by atoms with Gasteiger partial charge in [-0.25, -0.2) is 4.79 Å². The van der Waals surface area contributed by atoms with E-state index in [9.17, 15) is 14.4 Å². The lowest BCUT2D eigenvalue weighted by atomic mass is 9.77. The highest BCUT2D eigenvalue weighted by molar-refractivity contribution is 6.10. The van der Waals surface area contributed by atoms with Crippen molar-refractivity contribution in [1.82, 2.24) is 0 Å². The summed E-state index contributed by atoms with van der Waals surface area (Å²) in [6.45, 7) is 6.57. The number of Topliss-reactive ketones (excluding diaryl/α,β-unsaturated/α-hetero) is 1. The number of hydrogen-bond donors (Lipinski definition) is 1. The Balaban J connectivity index is 1.48. The summed E-state index contributed by atoms with van der Waals surface area (Å²) in [5.41, 5.74) is 7.18. The predicted octanol–water partition coefficient (Wildman–Crippen LogP) is 8.38. The maximum atomic E-state index is 14.4. The molecule has 1 aliphatic carbocycles. The normalized spacial score (nSPS) is 18.0. The van der Waals surface area contributed by atoms with Crippen molar-refractivity contribution >= 4 is 35.1 Å². The smallest absolute Gasteiger partial charge is 0.337 e. The lowest BCUT2D eigenvalue weighted by Crippen LogP contribution is -2.37. The van der Waals surface area contributed by atoms with E-state index in [0.29, 0.717) is 29.7 Å². The van der Waals surface area contributed by atoms with Crippen molar-refractivity contribution in [2.45, 2.75) is 51.0 Å². The van der Waals surface area contributed by atoms with Gasteiger partial charge < -0.3 is 10.1 Å². The molecule has 1 N–H and O–H groups in total. The van der Waals surface area contributed by atoms with Gasteiger partial charge in [-0.1, -0.05) is 99.6 Å². The number of rotatable bonds is 5. The second-order valence-electron chi connectivity index (χ2n) is 12.9. The van der Waals surface area contributed by atoms with Gasteiger partial charge >= 0.3 is 5.97 Å². The third-order valence-corrected chi connectivity index (χ3v) is 8.84. The number of anilines is 2. The van der Waals surface area contributed by atoms with E-state index in [-0.39, 0.29) is 23.0 Å². The molecule has 0 bridgehead atoms. The van der Waals surface area contributed by atoms with Crippen molar-refractivity contribution in [3.63, 3.8) is 0 Å². The van der Waals surface area contributed by atoms with Gasteiger partial charge in [-0.2, -0.15) is 0 Å². The Labute approximate surface area is 270 Å². The average Bonchev–Trinajstić information content (AvgIpc) is 3.22. The highest BCUT2D eigenvalue weighted by Gasteiger charge is 2.41. The molecule has 0 aromatic heterocycles. The van der Waals surface area contributed by atoms with Crippen LogP contribution in [-0.4, -0.2) is 24.8 Å². The number of benzene rings is 4.